The van der Waals surface area contributed by atoms with Crippen LogP contribution in [0.25, 0.3) is 10.9 Å². The fourth-order valence-electron chi connectivity index (χ4n) is 1.96. The summed E-state index contributed by atoms with van der Waals surface area (Å²) in [4.78, 5) is 7.46. The predicted molar refractivity (Wildman–Crippen MR) is 72.3 cm³/mol. The molecule has 0 aliphatic rings. The summed E-state index contributed by atoms with van der Waals surface area (Å²) < 4.78 is 0. The van der Waals surface area contributed by atoms with Crippen molar-refractivity contribution >= 4 is 16.7 Å². The molecule has 0 unspecified atom stereocenters. The highest BCUT2D eigenvalue weighted by atomic mass is 14.8. The molecule has 0 radical (unpaired) electrons. The number of aliphatic imine (C=N–C) groups is 1. The molecule has 0 aliphatic carbocycles. The third-order valence-corrected chi connectivity index (χ3v) is 2.81. The fraction of sp³-hybridized carbons (Fsp3) is 0.308. The summed E-state index contributed by atoms with van der Waals surface area (Å²) >= 11 is 0. The number of rotatable bonds is 4. The first-order valence-corrected chi connectivity index (χ1v) is 5.86. The highest BCUT2D eigenvalue weighted by Crippen LogP contribution is 2.20. The number of aromatic amines is 1. The molecule has 0 saturated heterocycles. The SMILES string of the molecule is CCN=C(N)c1ccc2[nH]cc(CCN)c2c1. The van der Waals surface area contributed by atoms with E-state index in [9.17, 15) is 0 Å². The number of H-pyrrole nitrogens is 1. The molecule has 90 valence electrons. The summed E-state index contributed by atoms with van der Waals surface area (Å²) in [7, 11) is 0. The highest BCUT2D eigenvalue weighted by Gasteiger charge is 2.05. The van der Waals surface area contributed by atoms with E-state index >= 15 is 0 Å². The lowest BCUT2D eigenvalue weighted by Crippen LogP contribution is -2.13. The molecule has 1 heterocycles. The second kappa shape index (κ2) is 5.01. The largest absolute Gasteiger partial charge is 0.384 e. The van der Waals surface area contributed by atoms with Crippen LogP contribution >= 0.6 is 0 Å². The van der Waals surface area contributed by atoms with Crippen molar-refractivity contribution in [2.24, 2.45) is 16.5 Å². The second-order valence-corrected chi connectivity index (χ2v) is 3.97. The smallest absolute Gasteiger partial charge is 0.125 e. The van der Waals surface area contributed by atoms with Gasteiger partial charge in [0.2, 0.25) is 0 Å². The molecule has 0 atom stereocenters. The van der Waals surface area contributed by atoms with Crippen molar-refractivity contribution in [1.82, 2.24) is 4.98 Å². The van der Waals surface area contributed by atoms with E-state index in [0.29, 0.717) is 18.9 Å². The zero-order valence-electron chi connectivity index (χ0n) is 10.0. The maximum absolute atomic E-state index is 5.90. The summed E-state index contributed by atoms with van der Waals surface area (Å²) in [6.45, 7) is 3.32. The van der Waals surface area contributed by atoms with E-state index in [1.165, 1.54) is 10.9 Å². The van der Waals surface area contributed by atoms with Gasteiger partial charge in [-0.25, -0.2) is 0 Å². The molecule has 0 aliphatic heterocycles. The van der Waals surface area contributed by atoms with E-state index in [1.54, 1.807) is 0 Å². The van der Waals surface area contributed by atoms with Crippen molar-refractivity contribution < 1.29 is 0 Å². The fourth-order valence-corrected chi connectivity index (χ4v) is 1.96. The number of hydrogen-bond acceptors (Lipinski definition) is 2. The quantitative estimate of drug-likeness (QED) is 0.548. The third kappa shape index (κ3) is 2.31. The third-order valence-electron chi connectivity index (χ3n) is 2.81. The van der Waals surface area contributed by atoms with Crippen LogP contribution in [-0.4, -0.2) is 23.9 Å². The zero-order chi connectivity index (χ0) is 12.3. The van der Waals surface area contributed by atoms with Gasteiger partial charge in [0, 0.05) is 29.2 Å². The summed E-state index contributed by atoms with van der Waals surface area (Å²) in [6.07, 6.45) is 2.88. The molecule has 17 heavy (non-hydrogen) atoms. The number of nitrogens with one attached hydrogen (secondary N) is 1. The molecule has 0 amide bonds. The summed E-state index contributed by atoms with van der Waals surface area (Å²) in [5.74, 6) is 0.592. The average molecular weight is 230 g/mol. The minimum Gasteiger partial charge on any atom is -0.384 e. The second-order valence-electron chi connectivity index (χ2n) is 3.97. The van der Waals surface area contributed by atoms with E-state index in [-0.39, 0.29) is 0 Å². The molecule has 0 fully saturated rings. The van der Waals surface area contributed by atoms with Gasteiger partial charge in [0.1, 0.15) is 5.84 Å². The van der Waals surface area contributed by atoms with Crippen LogP contribution in [0.1, 0.15) is 18.1 Å². The first-order valence-electron chi connectivity index (χ1n) is 5.86. The number of nitrogens with two attached hydrogens (primary N) is 2. The zero-order valence-corrected chi connectivity index (χ0v) is 10.0. The standard InChI is InChI=1S/C13H18N4/c1-2-16-13(15)9-3-4-12-11(7-9)10(5-6-14)8-17-12/h3-4,7-8,17H,2,5-6,14H2,1H3,(H2,15,16). The first kappa shape index (κ1) is 11.7. The molecule has 5 N–H and O–H groups in total. The monoisotopic (exact) mass is 230 g/mol. The van der Waals surface area contributed by atoms with Crippen molar-refractivity contribution in [3.8, 4) is 0 Å². The summed E-state index contributed by atoms with van der Waals surface area (Å²) in [5, 5.41) is 1.18. The van der Waals surface area contributed by atoms with Gasteiger partial charge in [0.05, 0.1) is 0 Å². The minimum absolute atomic E-state index is 0.592. The molecule has 1 aromatic carbocycles. The van der Waals surface area contributed by atoms with Crippen LogP contribution in [0.2, 0.25) is 0 Å². The minimum atomic E-state index is 0.592. The van der Waals surface area contributed by atoms with Gasteiger partial charge < -0.3 is 16.5 Å². The molecule has 4 nitrogen and oxygen atoms in total. The number of amidine groups is 1. The van der Waals surface area contributed by atoms with Crippen LogP contribution < -0.4 is 11.5 Å². The molecule has 2 aromatic rings. The number of benzene rings is 1. The number of nitrogens with zero attached hydrogens (tertiary/aromatic N) is 1. The van der Waals surface area contributed by atoms with Crippen LogP contribution in [-0.2, 0) is 6.42 Å². The Morgan fingerprint density at radius 3 is 2.94 bits per heavy atom. The van der Waals surface area contributed by atoms with E-state index in [1.807, 2.05) is 25.3 Å². The van der Waals surface area contributed by atoms with Crippen LogP contribution in [0, 0.1) is 0 Å². The lowest BCUT2D eigenvalue weighted by atomic mass is 10.1. The molecule has 0 bridgehead atoms. The Morgan fingerprint density at radius 1 is 1.41 bits per heavy atom. The lowest BCUT2D eigenvalue weighted by Gasteiger charge is -2.02. The van der Waals surface area contributed by atoms with E-state index in [0.717, 1.165) is 17.5 Å². The summed E-state index contributed by atoms with van der Waals surface area (Å²) in [5.41, 5.74) is 14.8. The Balaban J connectivity index is 2.47. The number of fused-ring (bicyclic) bond motifs is 1. The maximum Gasteiger partial charge on any atom is 0.125 e. The van der Waals surface area contributed by atoms with Crippen molar-refractivity contribution in [2.75, 3.05) is 13.1 Å². The highest BCUT2D eigenvalue weighted by molar-refractivity contribution is 6.01. The Morgan fingerprint density at radius 2 is 2.24 bits per heavy atom. The van der Waals surface area contributed by atoms with Crippen LogP contribution in [0.3, 0.4) is 0 Å². The Kier molecular flexibility index (Phi) is 3.44. The van der Waals surface area contributed by atoms with Gasteiger partial charge in [-0.1, -0.05) is 0 Å². The van der Waals surface area contributed by atoms with Gasteiger partial charge in [-0.05, 0) is 43.7 Å². The van der Waals surface area contributed by atoms with E-state index in [2.05, 4.69) is 16.0 Å². The lowest BCUT2D eigenvalue weighted by molar-refractivity contribution is 0.976. The van der Waals surface area contributed by atoms with Gasteiger partial charge in [0.15, 0.2) is 0 Å². The van der Waals surface area contributed by atoms with Gasteiger partial charge in [-0.15, -0.1) is 0 Å². The van der Waals surface area contributed by atoms with Gasteiger partial charge in [-0.3, -0.25) is 4.99 Å². The van der Waals surface area contributed by atoms with Gasteiger partial charge in [-0.2, -0.15) is 0 Å². The molecular weight excluding hydrogens is 212 g/mol. The van der Waals surface area contributed by atoms with Crippen LogP contribution in [0.5, 0.6) is 0 Å². The van der Waals surface area contributed by atoms with Gasteiger partial charge in [0.25, 0.3) is 0 Å². The van der Waals surface area contributed by atoms with E-state index < -0.39 is 0 Å². The maximum atomic E-state index is 5.90. The van der Waals surface area contributed by atoms with Crippen LogP contribution in [0.15, 0.2) is 29.4 Å². The Hall–Kier alpha value is -1.81. The molecule has 0 saturated carbocycles. The molecule has 4 heteroatoms. The predicted octanol–water partition coefficient (Wildman–Crippen LogP) is 1.39. The molecular formula is C13H18N4. The Bertz CT molecular complexity index is 539. The Labute approximate surface area is 101 Å². The normalized spacial score (nSPS) is 12.2. The van der Waals surface area contributed by atoms with Crippen molar-refractivity contribution in [1.29, 1.82) is 0 Å². The average Bonchev–Trinajstić information content (AvgIpc) is 2.73. The number of hydrogen-bond donors (Lipinski definition) is 3. The molecule has 1 aromatic heterocycles. The van der Waals surface area contributed by atoms with Crippen molar-refractivity contribution in [3.63, 3.8) is 0 Å². The van der Waals surface area contributed by atoms with Crippen molar-refractivity contribution in [2.45, 2.75) is 13.3 Å². The van der Waals surface area contributed by atoms with Crippen molar-refractivity contribution in [3.05, 3.63) is 35.5 Å². The van der Waals surface area contributed by atoms with Crippen LogP contribution in [0.4, 0.5) is 0 Å². The number of aromatic nitrogens is 1. The molecule has 2 rings (SSSR count). The van der Waals surface area contributed by atoms with E-state index in [4.69, 9.17) is 11.5 Å². The summed E-state index contributed by atoms with van der Waals surface area (Å²) in [6, 6.07) is 6.09. The topological polar surface area (TPSA) is 80.2 Å². The molecule has 0 spiro atoms. The van der Waals surface area contributed by atoms with Gasteiger partial charge >= 0.3 is 0 Å². The first-order chi connectivity index (χ1) is 8.26.